The van der Waals surface area contributed by atoms with Crippen molar-refractivity contribution in [2.45, 2.75) is 39.2 Å². The number of hydrogen-bond acceptors (Lipinski definition) is 4. The van der Waals surface area contributed by atoms with Gasteiger partial charge < -0.3 is 5.11 Å². The average Bonchev–Trinajstić information content (AvgIpc) is 2.46. The van der Waals surface area contributed by atoms with Gasteiger partial charge >= 0.3 is 0 Å². The number of aromatic nitrogens is 1. The molecule has 5 nitrogen and oxygen atoms in total. The Morgan fingerprint density at radius 1 is 1.30 bits per heavy atom. The standard InChI is InChI=1S/C14H24N2O3S/c1-3-14(4-2)16(10-11-17)20(18,19)12-8-13-7-5-6-9-15-13/h5-7,9,14,17H,3-4,8,10-12H2,1-2H3. The van der Waals surface area contributed by atoms with Gasteiger partial charge in [0.25, 0.3) is 0 Å². The Morgan fingerprint density at radius 2 is 2.00 bits per heavy atom. The van der Waals surface area contributed by atoms with Crippen molar-refractivity contribution in [1.29, 1.82) is 0 Å². The number of aliphatic hydroxyl groups excluding tert-OH is 1. The highest BCUT2D eigenvalue weighted by Gasteiger charge is 2.27. The number of nitrogens with zero attached hydrogens (tertiary/aromatic N) is 2. The van der Waals surface area contributed by atoms with Crippen LogP contribution in [0, 0.1) is 0 Å². The first-order chi connectivity index (χ1) is 9.55. The Balaban J connectivity index is 2.77. The van der Waals surface area contributed by atoms with Crippen LogP contribution in [0.5, 0.6) is 0 Å². The van der Waals surface area contributed by atoms with Gasteiger partial charge in [-0.15, -0.1) is 0 Å². The topological polar surface area (TPSA) is 70.5 Å². The van der Waals surface area contributed by atoms with Crippen molar-refractivity contribution in [3.8, 4) is 0 Å². The maximum atomic E-state index is 12.4. The van der Waals surface area contributed by atoms with Crippen LogP contribution in [0.25, 0.3) is 0 Å². The van der Waals surface area contributed by atoms with Gasteiger partial charge in [-0.05, 0) is 25.0 Å². The Hall–Kier alpha value is -0.980. The zero-order valence-electron chi connectivity index (χ0n) is 12.2. The molecule has 1 rings (SSSR count). The van der Waals surface area contributed by atoms with Crippen LogP contribution in [0.1, 0.15) is 32.4 Å². The molecule has 0 aliphatic carbocycles. The van der Waals surface area contributed by atoms with E-state index in [1.807, 2.05) is 26.0 Å². The van der Waals surface area contributed by atoms with Crippen LogP contribution in [0.3, 0.4) is 0 Å². The molecule has 0 aliphatic rings. The van der Waals surface area contributed by atoms with E-state index in [0.717, 1.165) is 18.5 Å². The Labute approximate surface area is 121 Å². The quantitative estimate of drug-likeness (QED) is 0.749. The van der Waals surface area contributed by atoms with Gasteiger partial charge in [0, 0.05) is 30.9 Å². The van der Waals surface area contributed by atoms with Gasteiger partial charge in [-0.1, -0.05) is 19.9 Å². The number of pyridine rings is 1. The summed E-state index contributed by atoms with van der Waals surface area (Å²) in [5.41, 5.74) is 0.768. The van der Waals surface area contributed by atoms with Crippen molar-refractivity contribution in [2.75, 3.05) is 18.9 Å². The highest BCUT2D eigenvalue weighted by Crippen LogP contribution is 2.15. The molecular formula is C14H24N2O3S. The molecule has 0 amide bonds. The van der Waals surface area contributed by atoms with Crippen molar-refractivity contribution >= 4 is 10.0 Å². The second kappa shape index (κ2) is 8.34. The molecule has 1 heterocycles. The van der Waals surface area contributed by atoms with Gasteiger partial charge in [-0.25, -0.2) is 8.42 Å². The van der Waals surface area contributed by atoms with Crippen LogP contribution >= 0.6 is 0 Å². The van der Waals surface area contributed by atoms with E-state index in [-0.39, 0.29) is 24.9 Å². The third kappa shape index (κ3) is 4.85. The van der Waals surface area contributed by atoms with E-state index >= 15 is 0 Å². The van der Waals surface area contributed by atoms with Crippen LogP contribution < -0.4 is 0 Å². The highest BCUT2D eigenvalue weighted by atomic mass is 32.2. The Bertz CT molecular complexity index is 472. The number of aliphatic hydroxyl groups is 1. The smallest absolute Gasteiger partial charge is 0.214 e. The molecule has 0 aliphatic heterocycles. The molecule has 20 heavy (non-hydrogen) atoms. The molecule has 0 unspecified atom stereocenters. The normalized spacial score (nSPS) is 12.2. The molecule has 1 aromatic rings. The predicted octanol–water partition coefficient (Wildman–Crippen LogP) is 1.44. The third-order valence-corrected chi connectivity index (χ3v) is 5.29. The molecule has 0 saturated carbocycles. The van der Waals surface area contributed by atoms with E-state index in [1.165, 1.54) is 4.31 Å². The van der Waals surface area contributed by atoms with E-state index in [4.69, 9.17) is 5.11 Å². The summed E-state index contributed by atoms with van der Waals surface area (Å²) >= 11 is 0. The largest absolute Gasteiger partial charge is 0.395 e. The minimum absolute atomic E-state index is 0.0283. The Morgan fingerprint density at radius 3 is 2.50 bits per heavy atom. The lowest BCUT2D eigenvalue weighted by atomic mass is 10.2. The number of sulfonamides is 1. The monoisotopic (exact) mass is 300 g/mol. The van der Waals surface area contributed by atoms with Gasteiger partial charge in [0.05, 0.1) is 12.4 Å². The zero-order chi connectivity index (χ0) is 15.0. The molecule has 0 fully saturated rings. The molecule has 0 radical (unpaired) electrons. The van der Waals surface area contributed by atoms with Crippen LogP contribution in [0.15, 0.2) is 24.4 Å². The maximum Gasteiger partial charge on any atom is 0.214 e. The van der Waals surface area contributed by atoms with Gasteiger partial charge in [0.15, 0.2) is 0 Å². The van der Waals surface area contributed by atoms with Crippen molar-refractivity contribution in [3.63, 3.8) is 0 Å². The summed E-state index contributed by atoms with van der Waals surface area (Å²) in [5, 5.41) is 9.11. The molecule has 0 aromatic carbocycles. The minimum Gasteiger partial charge on any atom is -0.395 e. The molecule has 0 saturated heterocycles. The van der Waals surface area contributed by atoms with Gasteiger partial charge in [-0.3, -0.25) is 4.98 Å². The molecule has 0 atom stereocenters. The van der Waals surface area contributed by atoms with Gasteiger partial charge in [0.1, 0.15) is 0 Å². The van der Waals surface area contributed by atoms with E-state index in [2.05, 4.69) is 4.98 Å². The summed E-state index contributed by atoms with van der Waals surface area (Å²) in [5.74, 6) is 0.0283. The van der Waals surface area contributed by atoms with Crippen LogP contribution in [-0.4, -0.2) is 47.8 Å². The van der Waals surface area contributed by atoms with Crippen molar-refractivity contribution in [3.05, 3.63) is 30.1 Å². The van der Waals surface area contributed by atoms with E-state index < -0.39 is 10.0 Å². The second-order valence-electron chi connectivity index (χ2n) is 4.69. The first-order valence-electron chi connectivity index (χ1n) is 7.05. The Kier molecular flexibility index (Phi) is 7.12. The maximum absolute atomic E-state index is 12.4. The summed E-state index contributed by atoms with van der Waals surface area (Å²) in [6.07, 6.45) is 3.55. The summed E-state index contributed by atoms with van der Waals surface area (Å²) in [6.45, 7) is 3.94. The van der Waals surface area contributed by atoms with E-state index in [1.54, 1.807) is 12.3 Å². The van der Waals surface area contributed by atoms with Crippen molar-refractivity contribution in [1.82, 2.24) is 9.29 Å². The van der Waals surface area contributed by atoms with E-state index in [9.17, 15) is 8.42 Å². The lowest BCUT2D eigenvalue weighted by molar-refractivity contribution is 0.219. The van der Waals surface area contributed by atoms with Crippen LogP contribution in [-0.2, 0) is 16.4 Å². The zero-order valence-corrected chi connectivity index (χ0v) is 13.0. The third-order valence-electron chi connectivity index (χ3n) is 3.37. The highest BCUT2D eigenvalue weighted by molar-refractivity contribution is 7.89. The number of rotatable bonds is 9. The summed E-state index contributed by atoms with van der Waals surface area (Å²) < 4.78 is 26.3. The molecule has 1 N–H and O–H groups in total. The fraction of sp³-hybridized carbons (Fsp3) is 0.643. The first-order valence-corrected chi connectivity index (χ1v) is 8.66. The number of hydrogen-bond donors (Lipinski definition) is 1. The molecule has 0 spiro atoms. The SMILES string of the molecule is CCC(CC)N(CCO)S(=O)(=O)CCc1ccccn1. The average molecular weight is 300 g/mol. The van der Waals surface area contributed by atoms with Gasteiger partial charge in [0.2, 0.25) is 10.0 Å². The first kappa shape index (κ1) is 17.1. The molecule has 114 valence electrons. The van der Waals surface area contributed by atoms with Crippen molar-refractivity contribution in [2.24, 2.45) is 0 Å². The lowest BCUT2D eigenvalue weighted by Gasteiger charge is -2.29. The van der Waals surface area contributed by atoms with Crippen LogP contribution in [0.2, 0.25) is 0 Å². The fourth-order valence-corrected chi connectivity index (χ4v) is 4.05. The van der Waals surface area contributed by atoms with Gasteiger partial charge in [-0.2, -0.15) is 4.31 Å². The van der Waals surface area contributed by atoms with E-state index in [0.29, 0.717) is 6.42 Å². The fourth-order valence-electron chi connectivity index (χ4n) is 2.24. The lowest BCUT2D eigenvalue weighted by Crippen LogP contribution is -2.43. The molecule has 1 aromatic heterocycles. The summed E-state index contributed by atoms with van der Waals surface area (Å²) in [4.78, 5) is 4.14. The molecule has 6 heteroatoms. The second-order valence-corrected chi connectivity index (χ2v) is 6.73. The number of aryl methyl sites for hydroxylation is 1. The van der Waals surface area contributed by atoms with Crippen molar-refractivity contribution < 1.29 is 13.5 Å². The minimum atomic E-state index is -3.37. The van der Waals surface area contributed by atoms with Crippen LogP contribution in [0.4, 0.5) is 0 Å². The summed E-state index contributed by atoms with van der Waals surface area (Å²) in [7, 11) is -3.37. The molecule has 0 bridgehead atoms. The summed E-state index contributed by atoms with van der Waals surface area (Å²) in [6, 6.07) is 5.43. The molecular weight excluding hydrogens is 276 g/mol. The predicted molar refractivity (Wildman–Crippen MR) is 79.9 cm³/mol.